The molecule has 0 bridgehead atoms. The molecule has 0 atom stereocenters. The molecule has 4 rings (SSSR count). The van der Waals surface area contributed by atoms with Gasteiger partial charge in [0, 0.05) is 5.02 Å². The summed E-state index contributed by atoms with van der Waals surface area (Å²) in [5.41, 5.74) is 3.21. The summed E-state index contributed by atoms with van der Waals surface area (Å²) in [5, 5.41) is 6.67. The van der Waals surface area contributed by atoms with E-state index in [4.69, 9.17) is 37.4 Å². The summed E-state index contributed by atoms with van der Waals surface area (Å²) >= 11 is 12.0. The normalized spacial score (nSPS) is 10.9. The lowest BCUT2D eigenvalue weighted by Crippen LogP contribution is -2.24. The van der Waals surface area contributed by atoms with Crippen LogP contribution in [0.2, 0.25) is 10.0 Å². The first-order chi connectivity index (χ1) is 17.9. The fourth-order valence-corrected chi connectivity index (χ4v) is 3.87. The quantitative estimate of drug-likeness (QED) is 0.117. The molecule has 0 saturated carbocycles. The van der Waals surface area contributed by atoms with Gasteiger partial charge in [0.15, 0.2) is 18.1 Å². The van der Waals surface area contributed by atoms with Gasteiger partial charge in [0.25, 0.3) is 5.91 Å². The Bertz CT molecular complexity index is 1470. The average Bonchev–Trinajstić information content (AvgIpc) is 2.89. The zero-order valence-electron chi connectivity index (χ0n) is 19.7. The third-order valence-corrected chi connectivity index (χ3v) is 5.66. The van der Waals surface area contributed by atoms with Crippen LogP contribution in [-0.4, -0.2) is 31.3 Å². The van der Waals surface area contributed by atoms with Crippen LogP contribution in [0.25, 0.3) is 10.8 Å². The van der Waals surface area contributed by atoms with Gasteiger partial charge < -0.3 is 14.2 Å². The largest absolute Gasteiger partial charge is 0.490 e. The minimum Gasteiger partial charge on any atom is -0.490 e. The maximum Gasteiger partial charge on any atom is 0.345 e. The number of halogens is 2. The molecule has 37 heavy (non-hydrogen) atoms. The lowest BCUT2D eigenvalue weighted by atomic mass is 10.1. The third kappa shape index (κ3) is 7.00. The SMILES string of the molecule is CCOc1cc(C=NNC(=O)COc2ccc3ccccc3c2)ccc1OC(=O)c1ccc(Cl)cc1Cl. The van der Waals surface area contributed by atoms with E-state index in [0.29, 0.717) is 28.7 Å². The number of esters is 1. The van der Waals surface area contributed by atoms with Gasteiger partial charge in [-0.3, -0.25) is 4.79 Å². The van der Waals surface area contributed by atoms with Gasteiger partial charge in [-0.15, -0.1) is 0 Å². The molecule has 0 spiro atoms. The molecule has 0 fully saturated rings. The number of hydrogen-bond donors (Lipinski definition) is 1. The molecule has 9 heteroatoms. The summed E-state index contributed by atoms with van der Waals surface area (Å²) < 4.78 is 16.7. The van der Waals surface area contributed by atoms with E-state index in [1.807, 2.05) is 42.5 Å². The van der Waals surface area contributed by atoms with Crippen LogP contribution in [0, 0.1) is 0 Å². The molecule has 0 aromatic heterocycles. The van der Waals surface area contributed by atoms with Crippen molar-refractivity contribution in [3.05, 3.63) is 100 Å². The fraction of sp³-hybridized carbons (Fsp3) is 0.107. The molecule has 0 heterocycles. The second kappa shape index (κ2) is 12.3. The van der Waals surface area contributed by atoms with Crippen LogP contribution in [0.4, 0.5) is 0 Å². The Balaban J connectivity index is 1.35. The molecule has 4 aromatic carbocycles. The van der Waals surface area contributed by atoms with Crippen LogP contribution in [0.15, 0.2) is 84.0 Å². The second-order valence-corrected chi connectivity index (χ2v) is 8.59. The van der Waals surface area contributed by atoms with Gasteiger partial charge >= 0.3 is 5.97 Å². The zero-order valence-corrected chi connectivity index (χ0v) is 21.3. The van der Waals surface area contributed by atoms with Crippen molar-refractivity contribution in [1.82, 2.24) is 5.43 Å². The molecule has 0 unspecified atom stereocenters. The first-order valence-corrected chi connectivity index (χ1v) is 12.1. The first-order valence-electron chi connectivity index (χ1n) is 11.3. The van der Waals surface area contributed by atoms with Gasteiger partial charge in [0.2, 0.25) is 0 Å². The van der Waals surface area contributed by atoms with Crippen molar-refractivity contribution in [1.29, 1.82) is 0 Å². The van der Waals surface area contributed by atoms with Crippen LogP contribution in [0.3, 0.4) is 0 Å². The summed E-state index contributed by atoms with van der Waals surface area (Å²) in [6, 6.07) is 22.9. The number of nitrogens with one attached hydrogen (secondary N) is 1. The molecule has 0 aliphatic rings. The standard InChI is InChI=1S/C28H22Cl2N2O5/c1-2-35-26-13-18(7-12-25(26)37-28(34)23-11-9-21(29)15-24(23)30)16-31-32-27(33)17-36-22-10-8-19-5-3-4-6-20(19)14-22/h3-16H,2,17H2,1H3,(H,32,33). The Morgan fingerprint density at radius 3 is 2.49 bits per heavy atom. The van der Waals surface area contributed by atoms with Gasteiger partial charge in [-0.2, -0.15) is 5.10 Å². The maximum absolute atomic E-state index is 12.6. The summed E-state index contributed by atoms with van der Waals surface area (Å²) in [4.78, 5) is 24.7. The molecular formula is C28H22Cl2N2O5. The molecule has 1 N–H and O–H groups in total. The van der Waals surface area contributed by atoms with Crippen molar-refractivity contribution in [2.45, 2.75) is 6.92 Å². The Morgan fingerprint density at radius 1 is 0.892 bits per heavy atom. The van der Waals surface area contributed by atoms with Crippen molar-refractivity contribution < 1.29 is 23.8 Å². The number of benzene rings is 4. The topological polar surface area (TPSA) is 86.2 Å². The monoisotopic (exact) mass is 536 g/mol. The Labute approximate surface area is 223 Å². The number of carbonyl (C=O) groups excluding carboxylic acids is 2. The molecule has 1 amide bonds. The highest BCUT2D eigenvalue weighted by Crippen LogP contribution is 2.30. The van der Waals surface area contributed by atoms with Gasteiger partial charge in [0.1, 0.15) is 5.75 Å². The Hall–Kier alpha value is -4.07. The molecule has 0 radical (unpaired) electrons. The summed E-state index contributed by atoms with van der Waals surface area (Å²) in [6.45, 7) is 1.95. The smallest absolute Gasteiger partial charge is 0.345 e. The lowest BCUT2D eigenvalue weighted by Gasteiger charge is -2.12. The zero-order chi connectivity index (χ0) is 26.2. The van der Waals surface area contributed by atoms with Crippen LogP contribution >= 0.6 is 23.2 Å². The van der Waals surface area contributed by atoms with Crippen molar-refractivity contribution in [2.75, 3.05) is 13.2 Å². The molecule has 7 nitrogen and oxygen atoms in total. The maximum atomic E-state index is 12.6. The molecular weight excluding hydrogens is 515 g/mol. The van der Waals surface area contributed by atoms with E-state index < -0.39 is 11.9 Å². The molecule has 4 aromatic rings. The highest BCUT2D eigenvalue weighted by Gasteiger charge is 2.16. The Kier molecular flexibility index (Phi) is 8.61. The molecule has 0 saturated heterocycles. The summed E-state index contributed by atoms with van der Waals surface area (Å²) in [6.07, 6.45) is 1.44. The first kappa shape index (κ1) is 26.0. The number of amides is 1. The molecule has 0 aliphatic heterocycles. The number of fused-ring (bicyclic) bond motifs is 1. The van der Waals surface area contributed by atoms with Crippen LogP contribution in [0.1, 0.15) is 22.8 Å². The average molecular weight is 537 g/mol. The second-order valence-electron chi connectivity index (χ2n) is 7.74. The van der Waals surface area contributed by atoms with Crippen molar-refractivity contribution in [3.8, 4) is 17.2 Å². The summed E-state index contributed by atoms with van der Waals surface area (Å²) in [5.74, 6) is 0.0606. The van der Waals surface area contributed by atoms with Crippen molar-refractivity contribution in [2.24, 2.45) is 5.10 Å². The van der Waals surface area contributed by atoms with Crippen molar-refractivity contribution in [3.63, 3.8) is 0 Å². The van der Waals surface area contributed by atoms with Crippen molar-refractivity contribution >= 4 is 52.1 Å². The fourth-order valence-electron chi connectivity index (χ4n) is 3.38. The number of ether oxygens (including phenoxy) is 3. The lowest BCUT2D eigenvalue weighted by molar-refractivity contribution is -0.123. The predicted octanol–water partition coefficient (Wildman–Crippen LogP) is 6.29. The highest BCUT2D eigenvalue weighted by molar-refractivity contribution is 6.36. The molecule has 188 valence electrons. The van der Waals surface area contributed by atoms with E-state index in [9.17, 15) is 9.59 Å². The number of rotatable bonds is 9. The van der Waals surface area contributed by atoms with Crippen LogP contribution in [0.5, 0.6) is 17.2 Å². The minimum atomic E-state index is -0.650. The third-order valence-electron chi connectivity index (χ3n) is 5.12. The predicted molar refractivity (Wildman–Crippen MR) is 144 cm³/mol. The van der Waals surface area contributed by atoms with Gasteiger partial charge in [-0.1, -0.05) is 53.5 Å². The van der Waals surface area contributed by atoms with E-state index in [2.05, 4.69) is 10.5 Å². The van der Waals surface area contributed by atoms with Gasteiger partial charge in [-0.25, -0.2) is 10.2 Å². The van der Waals surface area contributed by atoms with Crippen LogP contribution < -0.4 is 19.6 Å². The number of hydrogen-bond acceptors (Lipinski definition) is 6. The van der Waals surface area contributed by atoms with E-state index >= 15 is 0 Å². The summed E-state index contributed by atoms with van der Waals surface area (Å²) in [7, 11) is 0. The number of nitrogens with zero attached hydrogens (tertiary/aromatic N) is 1. The number of carbonyl (C=O) groups is 2. The van der Waals surface area contributed by atoms with E-state index in [1.165, 1.54) is 18.3 Å². The minimum absolute atomic E-state index is 0.174. The van der Waals surface area contributed by atoms with E-state index in [-0.39, 0.29) is 22.9 Å². The van der Waals surface area contributed by atoms with Crippen LogP contribution in [-0.2, 0) is 4.79 Å². The van der Waals surface area contributed by atoms with Gasteiger partial charge in [0.05, 0.1) is 23.4 Å². The highest BCUT2D eigenvalue weighted by atomic mass is 35.5. The van der Waals surface area contributed by atoms with Gasteiger partial charge in [-0.05, 0) is 71.8 Å². The number of hydrazone groups is 1. The van der Waals surface area contributed by atoms with E-state index in [0.717, 1.165) is 10.8 Å². The molecule has 0 aliphatic carbocycles. The Morgan fingerprint density at radius 2 is 1.70 bits per heavy atom. The van der Waals surface area contributed by atoms with E-state index in [1.54, 1.807) is 31.2 Å².